The zero-order valence-corrected chi connectivity index (χ0v) is 12.7. The molecule has 21 heavy (non-hydrogen) atoms. The summed E-state index contributed by atoms with van der Waals surface area (Å²) in [6, 6.07) is 11.5. The zero-order chi connectivity index (χ0) is 14.7. The fraction of sp³-hybridized carbons (Fsp3) is 0.125. The summed E-state index contributed by atoms with van der Waals surface area (Å²) in [5, 5.41) is 2.66. The lowest BCUT2D eigenvalue weighted by molar-refractivity contribution is -0.130. The molecule has 1 aromatic carbocycles. The minimum absolute atomic E-state index is 0.360. The van der Waals surface area contributed by atoms with Crippen LogP contribution in [0.25, 0.3) is 6.08 Å². The van der Waals surface area contributed by atoms with E-state index < -0.39 is 0 Å². The molecule has 3 nitrogen and oxygen atoms in total. The SMILES string of the molecule is O=C1OC(CCc2cccc(Cl)c2)=N/C1=C/c1cccs1. The van der Waals surface area contributed by atoms with Crippen LogP contribution in [0.3, 0.4) is 0 Å². The molecule has 0 radical (unpaired) electrons. The molecule has 0 unspecified atom stereocenters. The van der Waals surface area contributed by atoms with Crippen molar-refractivity contribution in [1.29, 1.82) is 0 Å². The maximum Gasteiger partial charge on any atom is 0.363 e. The van der Waals surface area contributed by atoms with Crippen LogP contribution >= 0.6 is 22.9 Å². The molecule has 0 spiro atoms. The number of ether oxygens (including phenoxy) is 1. The van der Waals surface area contributed by atoms with E-state index in [1.807, 2.05) is 41.8 Å². The Morgan fingerprint density at radius 2 is 2.14 bits per heavy atom. The van der Waals surface area contributed by atoms with E-state index in [9.17, 15) is 4.79 Å². The van der Waals surface area contributed by atoms with Gasteiger partial charge in [0.15, 0.2) is 11.6 Å². The van der Waals surface area contributed by atoms with Crippen LogP contribution in [-0.4, -0.2) is 11.9 Å². The van der Waals surface area contributed by atoms with Gasteiger partial charge in [-0.25, -0.2) is 9.79 Å². The smallest absolute Gasteiger partial charge is 0.363 e. The number of cyclic esters (lactones) is 1. The number of nitrogens with zero attached hydrogens (tertiary/aromatic N) is 1. The second kappa shape index (κ2) is 6.24. The number of thiophene rings is 1. The molecule has 0 aliphatic carbocycles. The molecule has 1 aliphatic rings. The highest BCUT2D eigenvalue weighted by atomic mass is 35.5. The van der Waals surface area contributed by atoms with E-state index in [0.717, 1.165) is 16.9 Å². The molecule has 5 heteroatoms. The van der Waals surface area contributed by atoms with Gasteiger partial charge in [-0.1, -0.05) is 29.8 Å². The second-order valence-electron chi connectivity index (χ2n) is 4.57. The van der Waals surface area contributed by atoms with Crippen molar-refractivity contribution in [1.82, 2.24) is 0 Å². The minimum Gasteiger partial charge on any atom is -0.407 e. The van der Waals surface area contributed by atoms with Crippen LogP contribution in [0.2, 0.25) is 5.02 Å². The van der Waals surface area contributed by atoms with E-state index in [0.29, 0.717) is 23.0 Å². The summed E-state index contributed by atoms with van der Waals surface area (Å²) in [7, 11) is 0. The molecule has 0 N–H and O–H groups in total. The number of hydrogen-bond acceptors (Lipinski definition) is 4. The van der Waals surface area contributed by atoms with Crippen molar-refractivity contribution in [3.05, 3.63) is 62.9 Å². The van der Waals surface area contributed by atoms with Gasteiger partial charge in [0.2, 0.25) is 0 Å². The third-order valence-electron chi connectivity index (χ3n) is 3.00. The molecule has 0 bridgehead atoms. The summed E-state index contributed by atoms with van der Waals surface area (Å²) < 4.78 is 5.19. The van der Waals surface area contributed by atoms with Crippen molar-refractivity contribution < 1.29 is 9.53 Å². The summed E-state index contributed by atoms with van der Waals surface area (Å²) in [6.45, 7) is 0. The van der Waals surface area contributed by atoms with Crippen molar-refractivity contribution in [2.45, 2.75) is 12.8 Å². The molecule has 2 aromatic rings. The van der Waals surface area contributed by atoms with Crippen molar-refractivity contribution in [2.24, 2.45) is 4.99 Å². The molecule has 1 aromatic heterocycles. The average molecular weight is 318 g/mol. The first-order chi connectivity index (χ1) is 10.2. The van der Waals surface area contributed by atoms with E-state index in [1.54, 1.807) is 17.4 Å². The zero-order valence-electron chi connectivity index (χ0n) is 11.1. The maximum absolute atomic E-state index is 11.8. The number of hydrogen-bond donors (Lipinski definition) is 0. The molecule has 0 saturated carbocycles. The highest BCUT2D eigenvalue weighted by Gasteiger charge is 2.22. The number of halogens is 1. The summed E-state index contributed by atoms with van der Waals surface area (Å²) in [5.74, 6) is 0.0762. The topological polar surface area (TPSA) is 38.7 Å². The van der Waals surface area contributed by atoms with Gasteiger partial charge in [0, 0.05) is 16.3 Å². The Labute approximate surface area is 131 Å². The van der Waals surface area contributed by atoms with Crippen LogP contribution in [0.5, 0.6) is 0 Å². The molecule has 3 rings (SSSR count). The van der Waals surface area contributed by atoms with Crippen LogP contribution < -0.4 is 0 Å². The van der Waals surface area contributed by atoms with Gasteiger partial charge in [-0.3, -0.25) is 0 Å². The Kier molecular flexibility index (Phi) is 4.18. The van der Waals surface area contributed by atoms with Crippen LogP contribution in [0.15, 0.2) is 52.5 Å². The Morgan fingerprint density at radius 1 is 1.24 bits per heavy atom. The number of aryl methyl sites for hydroxylation is 1. The molecule has 0 atom stereocenters. The van der Waals surface area contributed by atoms with Crippen LogP contribution in [0.1, 0.15) is 16.9 Å². The lowest BCUT2D eigenvalue weighted by Gasteiger charge is -2.01. The number of aliphatic imine (C=N–C) groups is 1. The third-order valence-corrected chi connectivity index (χ3v) is 4.06. The van der Waals surface area contributed by atoms with E-state index in [4.69, 9.17) is 16.3 Å². The molecule has 0 fully saturated rings. The molecule has 0 saturated heterocycles. The van der Waals surface area contributed by atoms with Crippen molar-refractivity contribution in [3.8, 4) is 0 Å². The maximum atomic E-state index is 11.8. The third kappa shape index (κ3) is 3.60. The fourth-order valence-corrected chi connectivity index (χ4v) is 2.88. The molecular formula is C16H12ClNO2S. The lowest BCUT2D eigenvalue weighted by Crippen LogP contribution is -2.05. The molecule has 0 amide bonds. The highest BCUT2D eigenvalue weighted by Crippen LogP contribution is 2.20. The Bertz CT molecular complexity index is 720. The first kappa shape index (κ1) is 14.0. The fourth-order valence-electron chi connectivity index (χ4n) is 2.01. The standard InChI is InChI=1S/C16H12ClNO2S/c17-12-4-1-3-11(9-12)6-7-15-18-14(16(19)20-15)10-13-5-2-8-21-13/h1-5,8-10H,6-7H2/b14-10+. The van der Waals surface area contributed by atoms with E-state index >= 15 is 0 Å². The highest BCUT2D eigenvalue weighted by molar-refractivity contribution is 7.10. The predicted molar refractivity (Wildman–Crippen MR) is 85.6 cm³/mol. The van der Waals surface area contributed by atoms with Crippen molar-refractivity contribution in [2.75, 3.05) is 0 Å². The van der Waals surface area contributed by atoms with Gasteiger partial charge in [0.05, 0.1) is 0 Å². The Morgan fingerprint density at radius 3 is 2.90 bits per heavy atom. The van der Waals surface area contributed by atoms with E-state index in [-0.39, 0.29) is 5.97 Å². The first-order valence-corrected chi connectivity index (χ1v) is 7.76. The summed E-state index contributed by atoms with van der Waals surface area (Å²) >= 11 is 7.50. The van der Waals surface area contributed by atoms with Crippen molar-refractivity contribution in [3.63, 3.8) is 0 Å². The normalized spacial score (nSPS) is 16.1. The van der Waals surface area contributed by atoms with Gasteiger partial charge in [-0.15, -0.1) is 11.3 Å². The van der Waals surface area contributed by atoms with Gasteiger partial charge < -0.3 is 4.74 Å². The summed E-state index contributed by atoms with van der Waals surface area (Å²) in [6.07, 6.45) is 3.06. The Hall–Kier alpha value is -1.91. The number of carbonyl (C=O) groups excluding carboxylic acids is 1. The number of benzene rings is 1. The van der Waals surface area contributed by atoms with Crippen LogP contribution in [-0.2, 0) is 16.0 Å². The van der Waals surface area contributed by atoms with Gasteiger partial charge in [0.25, 0.3) is 0 Å². The van der Waals surface area contributed by atoms with Crippen LogP contribution in [0.4, 0.5) is 0 Å². The van der Waals surface area contributed by atoms with Gasteiger partial charge in [0.1, 0.15) is 0 Å². The van der Waals surface area contributed by atoms with E-state index in [1.165, 1.54) is 0 Å². The van der Waals surface area contributed by atoms with Gasteiger partial charge in [-0.05, 0) is 41.6 Å². The first-order valence-electron chi connectivity index (χ1n) is 6.50. The predicted octanol–water partition coefficient (Wildman–Crippen LogP) is 4.33. The van der Waals surface area contributed by atoms with Crippen molar-refractivity contribution >= 4 is 40.9 Å². The number of rotatable bonds is 4. The Balaban J connectivity index is 1.68. The summed E-state index contributed by atoms with van der Waals surface area (Å²) in [5.41, 5.74) is 1.45. The monoisotopic (exact) mass is 317 g/mol. The second-order valence-corrected chi connectivity index (χ2v) is 5.99. The molecule has 2 heterocycles. The largest absolute Gasteiger partial charge is 0.407 e. The molecule has 106 valence electrons. The average Bonchev–Trinajstić information content (AvgIpc) is 3.08. The number of carbonyl (C=O) groups is 1. The van der Waals surface area contributed by atoms with Gasteiger partial charge >= 0.3 is 5.97 Å². The molecule has 1 aliphatic heterocycles. The number of esters is 1. The van der Waals surface area contributed by atoms with E-state index in [2.05, 4.69) is 4.99 Å². The minimum atomic E-state index is -0.385. The van der Waals surface area contributed by atoms with Crippen LogP contribution in [0, 0.1) is 0 Å². The quantitative estimate of drug-likeness (QED) is 0.622. The lowest BCUT2D eigenvalue weighted by atomic mass is 10.1. The molecular weight excluding hydrogens is 306 g/mol. The van der Waals surface area contributed by atoms with Gasteiger partial charge in [-0.2, -0.15) is 0 Å². The summed E-state index contributed by atoms with van der Waals surface area (Å²) in [4.78, 5) is 17.0.